The maximum Gasteiger partial charge on any atom is 0.269 e. The fraction of sp³-hybridized carbons (Fsp3) is 0.267. The van der Waals surface area contributed by atoms with Gasteiger partial charge < -0.3 is 10.6 Å². The summed E-state index contributed by atoms with van der Waals surface area (Å²) < 4.78 is 0. The van der Waals surface area contributed by atoms with E-state index in [0.717, 1.165) is 22.8 Å². The highest BCUT2D eigenvalue weighted by Crippen LogP contribution is 2.26. The quantitative estimate of drug-likeness (QED) is 0.674. The lowest BCUT2D eigenvalue weighted by Crippen LogP contribution is -2.25. The lowest BCUT2D eigenvalue weighted by atomic mass is 10.2. The summed E-state index contributed by atoms with van der Waals surface area (Å²) in [6, 6.07) is 10.4. The van der Waals surface area contributed by atoms with Crippen molar-refractivity contribution in [3.8, 4) is 0 Å². The number of benzene rings is 1. The third-order valence-electron chi connectivity index (χ3n) is 3.09. The van der Waals surface area contributed by atoms with Crippen molar-refractivity contribution in [3.63, 3.8) is 0 Å². The van der Waals surface area contributed by atoms with Gasteiger partial charge in [0, 0.05) is 36.6 Å². The number of hydrogen-bond donors (Lipinski definition) is 1. The average Bonchev–Trinajstić information content (AvgIpc) is 2.44. The Morgan fingerprint density at radius 1 is 1.24 bits per heavy atom. The molecule has 6 heteroatoms. The van der Waals surface area contributed by atoms with Gasteiger partial charge in [0.25, 0.3) is 5.69 Å². The summed E-state index contributed by atoms with van der Waals surface area (Å²) in [5, 5.41) is 10.7. The van der Waals surface area contributed by atoms with Crippen molar-refractivity contribution >= 4 is 17.2 Å². The third kappa shape index (κ3) is 3.55. The van der Waals surface area contributed by atoms with Gasteiger partial charge in [-0.25, -0.2) is 4.98 Å². The molecule has 0 saturated heterocycles. The van der Waals surface area contributed by atoms with Crippen molar-refractivity contribution in [2.45, 2.75) is 13.8 Å². The zero-order valence-electron chi connectivity index (χ0n) is 12.1. The number of nitro groups is 1. The van der Waals surface area contributed by atoms with E-state index in [-0.39, 0.29) is 5.69 Å². The SMILES string of the molecule is Cc1cc(C)nc(N(CCN)c2ccc([N+](=O)[O-])cc2)c1. The Balaban J connectivity index is 2.40. The first-order valence-electron chi connectivity index (χ1n) is 6.68. The molecule has 2 aromatic rings. The number of nitrogens with zero attached hydrogens (tertiary/aromatic N) is 3. The zero-order chi connectivity index (χ0) is 15.4. The van der Waals surface area contributed by atoms with Crippen LogP contribution >= 0.6 is 0 Å². The van der Waals surface area contributed by atoms with Crippen LogP contribution in [0.4, 0.5) is 17.2 Å². The van der Waals surface area contributed by atoms with Crippen molar-refractivity contribution in [2.75, 3.05) is 18.0 Å². The molecule has 0 amide bonds. The van der Waals surface area contributed by atoms with E-state index in [1.54, 1.807) is 12.1 Å². The van der Waals surface area contributed by atoms with Crippen LogP contribution in [0.25, 0.3) is 0 Å². The fourth-order valence-electron chi connectivity index (χ4n) is 2.22. The first-order valence-corrected chi connectivity index (χ1v) is 6.68. The summed E-state index contributed by atoms with van der Waals surface area (Å²) in [4.78, 5) is 16.8. The molecule has 2 rings (SSSR count). The molecule has 1 aromatic heterocycles. The molecule has 110 valence electrons. The lowest BCUT2D eigenvalue weighted by molar-refractivity contribution is -0.384. The zero-order valence-corrected chi connectivity index (χ0v) is 12.1. The van der Waals surface area contributed by atoms with Crippen LogP contribution in [0.15, 0.2) is 36.4 Å². The van der Waals surface area contributed by atoms with Gasteiger partial charge in [-0.2, -0.15) is 0 Å². The highest BCUT2D eigenvalue weighted by molar-refractivity contribution is 5.62. The lowest BCUT2D eigenvalue weighted by Gasteiger charge is -2.24. The van der Waals surface area contributed by atoms with Gasteiger partial charge in [-0.3, -0.25) is 10.1 Å². The van der Waals surface area contributed by atoms with Crippen LogP contribution < -0.4 is 10.6 Å². The highest BCUT2D eigenvalue weighted by atomic mass is 16.6. The van der Waals surface area contributed by atoms with Crippen LogP contribution in [-0.4, -0.2) is 23.0 Å². The predicted octanol–water partition coefficient (Wildman–Crippen LogP) is 2.70. The van der Waals surface area contributed by atoms with E-state index < -0.39 is 4.92 Å². The topological polar surface area (TPSA) is 85.3 Å². The molecule has 0 aliphatic rings. The Hall–Kier alpha value is -2.47. The molecule has 1 heterocycles. The summed E-state index contributed by atoms with van der Waals surface area (Å²) in [7, 11) is 0. The molecule has 0 saturated carbocycles. The van der Waals surface area contributed by atoms with Crippen molar-refractivity contribution in [1.82, 2.24) is 4.98 Å². The number of nitro benzene ring substituents is 1. The van der Waals surface area contributed by atoms with Gasteiger partial charge in [0.15, 0.2) is 0 Å². The van der Waals surface area contributed by atoms with Gasteiger partial charge in [0.2, 0.25) is 0 Å². The van der Waals surface area contributed by atoms with Crippen molar-refractivity contribution < 1.29 is 4.92 Å². The summed E-state index contributed by atoms with van der Waals surface area (Å²) in [6.45, 7) is 5.00. The van der Waals surface area contributed by atoms with E-state index in [4.69, 9.17) is 5.73 Å². The second-order valence-corrected chi connectivity index (χ2v) is 4.86. The smallest absolute Gasteiger partial charge is 0.269 e. The van der Waals surface area contributed by atoms with E-state index in [1.165, 1.54) is 12.1 Å². The Morgan fingerprint density at radius 3 is 2.43 bits per heavy atom. The molecular weight excluding hydrogens is 268 g/mol. The minimum Gasteiger partial charge on any atom is -0.329 e. The Bertz CT molecular complexity index is 620. The summed E-state index contributed by atoms with van der Waals surface area (Å²) >= 11 is 0. The standard InChI is InChI=1S/C15H18N4O2/c1-11-9-12(2)17-15(10-11)18(8-7-16)13-3-5-14(6-4-13)19(20)21/h3-6,9-10H,7-8,16H2,1-2H3. The van der Waals surface area contributed by atoms with Crippen LogP contribution in [0.5, 0.6) is 0 Å². The van der Waals surface area contributed by atoms with Gasteiger partial charge in [0.1, 0.15) is 5.82 Å². The van der Waals surface area contributed by atoms with Gasteiger partial charge in [-0.05, 0) is 43.7 Å². The largest absolute Gasteiger partial charge is 0.329 e. The monoisotopic (exact) mass is 286 g/mol. The summed E-state index contributed by atoms with van der Waals surface area (Å²) in [5.41, 5.74) is 8.62. The first-order chi connectivity index (χ1) is 10.0. The minimum absolute atomic E-state index is 0.0693. The molecule has 2 N–H and O–H groups in total. The molecule has 0 unspecified atom stereocenters. The molecule has 0 fully saturated rings. The van der Waals surface area contributed by atoms with Crippen LogP contribution in [0.1, 0.15) is 11.3 Å². The van der Waals surface area contributed by atoms with Gasteiger partial charge in [0.05, 0.1) is 4.92 Å². The molecule has 0 aliphatic heterocycles. The summed E-state index contributed by atoms with van der Waals surface area (Å²) in [5.74, 6) is 0.798. The molecule has 0 spiro atoms. The molecule has 0 aliphatic carbocycles. The number of aromatic nitrogens is 1. The molecular formula is C15H18N4O2. The Morgan fingerprint density at radius 2 is 1.90 bits per heavy atom. The summed E-state index contributed by atoms with van der Waals surface area (Å²) in [6.07, 6.45) is 0. The Labute approximate surface area is 123 Å². The first kappa shape index (κ1) is 14.9. The second kappa shape index (κ2) is 6.32. The van der Waals surface area contributed by atoms with Crippen LogP contribution in [0.2, 0.25) is 0 Å². The number of non-ortho nitro benzene ring substituents is 1. The van der Waals surface area contributed by atoms with Crippen LogP contribution in [0.3, 0.4) is 0 Å². The van der Waals surface area contributed by atoms with Crippen molar-refractivity contribution in [1.29, 1.82) is 0 Å². The van der Waals surface area contributed by atoms with Crippen molar-refractivity contribution in [3.05, 3.63) is 57.8 Å². The average molecular weight is 286 g/mol. The van der Waals surface area contributed by atoms with Gasteiger partial charge in [-0.1, -0.05) is 0 Å². The molecule has 0 bridgehead atoms. The van der Waals surface area contributed by atoms with Crippen LogP contribution in [-0.2, 0) is 0 Å². The van der Waals surface area contributed by atoms with Crippen molar-refractivity contribution in [2.24, 2.45) is 5.73 Å². The highest BCUT2D eigenvalue weighted by Gasteiger charge is 2.13. The van der Waals surface area contributed by atoms with E-state index in [0.29, 0.717) is 13.1 Å². The van der Waals surface area contributed by atoms with Crippen LogP contribution in [0, 0.1) is 24.0 Å². The maximum absolute atomic E-state index is 10.7. The van der Waals surface area contributed by atoms with E-state index in [1.807, 2.05) is 30.9 Å². The molecule has 0 atom stereocenters. The normalized spacial score (nSPS) is 10.4. The van der Waals surface area contributed by atoms with E-state index in [2.05, 4.69) is 4.98 Å². The number of hydrogen-bond acceptors (Lipinski definition) is 5. The number of aryl methyl sites for hydroxylation is 2. The Kier molecular flexibility index (Phi) is 4.49. The molecule has 1 aromatic carbocycles. The van der Waals surface area contributed by atoms with Gasteiger partial charge in [-0.15, -0.1) is 0 Å². The predicted molar refractivity (Wildman–Crippen MR) is 82.9 cm³/mol. The number of rotatable bonds is 5. The number of nitrogens with two attached hydrogens (primary N) is 1. The molecule has 0 radical (unpaired) electrons. The molecule has 6 nitrogen and oxygen atoms in total. The van der Waals surface area contributed by atoms with E-state index in [9.17, 15) is 10.1 Å². The maximum atomic E-state index is 10.7. The van der Waals surface area contributed by atoms with Gasteiger partial charge >= 0.3 is 0 Å². The third-order valence-corrected chi connectivity index (χ3v) is 3.09. The second-order valence-electron chi connectivity index (χ2n) is 4.86. The molecule has 21 heavy (non-hydrogen) atoms. The number of anilines is 2. The minimum atomic E-state index is -0.411. The van der Waals surface area contributed by atoms with E-state index >= 15 is 0 Å². The fourth-order valence-corrected chi connectivity index (χ4v) is 2.22. The number of pyridine rings is 1.